The minimum atomic E-state index is -0.170. The maximum Gasteiger partial charge on any atom is 0.227 e. The minimum absolute atomic E-state index is 0.00559. The number of nitrogens with one attached hydrogen (secondary N) is 1. The van der Waals surface area contributed by atoms with Gasteiger partial charge < -0.3 is 5.32 Å². The van der Waals surface area contributed by atoms with E-state index >= 15 is 0 Å². The maximum atomic E-state index is 11.3. The minimum Gasteiger partial charge on any atom is -0.355 e. The van der Waals surface area contributed by atoms with Gasteiger partial charge >= 0.3 is 0 Å². The van der Waals surface area contributed by atoms with E-state index in [1.165, 1.54) is 18.1 Å². The molecule has 1 aliphatic rings. The van der Waals surface area contributed by atoms with E-state index in [0.717, 1.165) is 6.42 Å². The van der Waals surface area contributed by atoms with Crippen LogP contribution in [0.5, 0.6) is 0 Å². The molecule has 0 aromatic heterocycles. The van der Waals surface area contributed by atoms with Gasteiger partial charge in [0.05, 0.1) is 6.42 Å². The third-order valence-corrected chi connectivity index (χ3v) is 2.92. The maximum absolute atomic E-state index is 11.3. The molecule has 84 valence electrons. The topological polar surface area (TPSA) is 46.2 Å². The Balaban J connectivity index is 1.82. The van der Waals surface area contributed by atoms with E-state index in [2.05, 4.69) is 17.4 Å². The number of benzene rings is 1. The number of Topliss-reactive ketones (excluding diaryl/α,β-unsaturated/α-hetero) is 1. The second-order valence-electron chi connectivity index (χ2n) is 4.28. The van der Waals surface area contributed by atoms with Crippen LogP contribution in [0.25, 0.3) is 0 Å². The predicted molar refractivity (Wildman–Crippen MR) is 61.2 cm³/mol. The highest BCUT2D eigenvalue weighted by molar-refractivity contribution is 5.96. The molecule has 0 saturated carbocycles. The number of hydrogen-bond donors (Lipinski definition) is 1. The van der Waals surface area contributed by atoms with Crippen LogP contribution in [-0.4, -0.2) is 18.2 Å². The first-order valence-electron chi connectivity index (χ1n) is 5.50. The summed E-state index contributed by atoms with van der Waals surface area (Å²) in [6, 6.07) is 8.26. The summed E-state index contributed by atoms with van der Waals surface area (Å²) < 4.78 is 0. The van der Waals surface area contributed by atoms with Gasteiger partial charge in [-0.2, -0.15) is 0 Å². The normalized spacial score (nSPS) is 17.2. The van der Waals surface area contributed by atoms with E-state index in [9.17, 15) is 9.59 Å². The monoisotopic (exact) mass is 217 g/mol. The molecule has 3 nitrogen and oxygen atoms in total. The Morgan fingerprint density at radius 2 is 2.12 bits per heavy atom. The standard InChI is InChI=1S/C13H15NO2/c1-9(15)6-13(16)14-8-11-7-10-4-2-3-5-12(10)11/h2-5,11H,6-8H2,1H3,(H,14,16). The molecule has 1 aliphatic carbocycles. The molecule has 0 heterocycles. The molecule has 1 aromatic carbocycles. The van der Waals surface area contributed by atoms with Crippen LogP contribution in [0.2, 0.25) is 0 Å². The van der Waals surface area contributed by atoms with Gasteiger partial charge in [-0.15, -0.1) is 0 Å². The Kier molecular flexibility index (Phi) is 3.04. The van der Waals surface area contributed by atoms with Gasteiger partial charge in [0, 0.05) is 12.5 Å². The Morgan fingerprint density at radius 3 is 2.81 bits per heavy atom. The van der Waals surface area contributed by atoms with Gasteiger partial charge in [-0.25, -0.2) is 0 Å². The van der Waals surface area contributed by atoms with E-state index in [-0.39, 0.29) is 18.1 Å². The summed E-state index contributed by atoms with van der Waals surface area (Å²) in [4.78, 5) is 22.0. The van der Waals surface area contributed by atoms with Crippen molar-refractivity contribution < 1.29 is 9.59 Å². The molecule has 1 amide bonds. The van der Waals surface area contributed by atoms with Gasteiger partial charge in [0.2, 0.25) is 5.91 Å². The Bertz CT molecular complexity index is 426. The average molecular weight is 217 g/mol. The third kappa shape index (κ3) is 2.30. The van der Waals surface area contributed by atoms with Crippen LogP contribution < -0.4 is 5.32 Å². The fraction of sp³-hybridized carbons (Fsp3) is 0.385. The number of amides is 1. The van der Waals surface area contributed by atoms with Crippen LogP contribution in [0.1, 0.15) is 30.4 Å². The number of hydrogen-bond acceptors (Lipinski definition) is 2. The Morgan fingerprint density at radius 1 is 1.38 bits per heavy atom. The van der Waals surface area contributed by atoms with Crippen molar-refractivity contribution in [3.8, 4) is 0 Å². The third-order valence-electron chi connectivity index (χ3n) is 2.92. The molecular weight excluding hydrogens is 202 g/mol. The van der Waals surface area contributed by atoms with Crippen LogP contribution in [0, 0.1) is 0 Å². The SMILES string of the molecule is CC(=O)CC(=O)NCC1Cc2ccccc21. The largest absolute Gasteiger partial charge is 0.355 e. The molecular formula is C13H15NO2. The first kappa shape index (κ1) is 10.9. The molecule has 3 heteroatoms. The van der Waals surface area contributed by atoms with Crippen molar-refractivity contribution in [3.63, 3.8) is 0 Å². The van der Waals surface area contributed by atoms with Gasteiger partial charge in [-0.3, -0.25) is 9.59 Å². The number of rotatable bonds is 4. The quantitative estimate of drug-likeness (QED) is 0.775. The molecule has 0 fully saturated rings. The Labute approximate surface area is 94.9 Å². The molecule has 0 aliphatic heterocycles. The van der Waals surface area contributed by atoms with Crippen LogP contribution in [-0.2, 0) is 16.0 Å². The molecule has 0 spiro atoms. The molecule has 0 saturated heterocycles. The highest BCUT2D eigenvalue weighted by Crippen LogP contribution is 2.33. The van der Waals surface area contributed by atoms with Crippen LogP contribution in [0.4, 0.5) is 0 Å². The summed E-state index contributed by atoms with van der Waals surface area (Å²) in [5, 5.41) is 2.80. The van der Waals surface area contributed by atoms with Gasteiger partial charge in [0.15, 0.2) is 0 Å². The van der Waals surface area contributed by atoms with Crippen molar-refractivity contribution in [3.05, 3.63) is 35.4 Å². The lowest BCUT2D eigenvalue weighted by molar-refractivity contribution is -0.127. The average Bonchev–Trinajstić information content (AvgIpc) is 2.18. The number of carbonyl (C=O) groups is 2. The predicted octanol–water partition coefficient (Wildman–Crippen LogP) is 1.42. The molecule has 1 unspecified atom stereocenters. The van der Waals surface area contributed by atoms with Crippen LogP contribution >= 0.6 is 0 Å². The summed E-state index contributed by atoms with van der Waals surface area (Å²) in [6.45, 7) is 2.07. The molecule has 1 aromatic rings. The molecule has 2 rings (SSSR count). The van der Waals surface area contributed by atoms with E-state index in [1.807, 2.05) is 12.1 Å². The zero-order valence-corrected chi connectivity index (χ0v) is 9.32. The second kappa shape index (κ2) is 4.47. The lowest BCUT2D eigenvalue weighted by Crippen LogP contribution is -2.33. The van der Waals surface area contributed by atoms with Crippen molar-refractivity contribution in [1.82, 2.24) is 5.32 Å². The van der Waals surface area contributed by atoms with Gasteiger partial charge in [-0.1, -0.05) is 24.3 Å². The van der Waals surface area contributed by atoms with Crippen LogP contribution in [0.15, 0.2) is 24.3 Å². The summed E-state index contributed by atoms with van der Waals surface area (Å²) in [5.74, 6) is 0.162. The summed E-state index contributed by atoms with van der Waals surface area (Å²) in [5.41, 5.74) is 2.69. The summed E-state index contributed by atoms with van der Waals surface area (Å²) in [6.07, 6.45) is 1.02. The first-order valence-corrected chi connectivity index (χ1v) is 5.50. The molecule has 16 heavy (non-hydrogen) atoms. The van der Waals surface area contributed by atoms with Gasteiger partial charge in [-0.05, 0) is 24.5 Å². The fourth-order valence-corrected chi connectivity index (χ4v) is 2.07. The van der Waals surface area contributed by atoms with Crippen molar-refractivity contribution in [1.29, 1.82) is 0 Å². The van der Waals surface area contributed by atoms with E-state index in [4.69, 9.17) is 0 Å². The second-order valence-corrected chi connectivity index (χ2v) is 4.28. The van der Waals surface area contributed by atoms with Crippen molar-refractivity contribution in [2.24, 2.45) is 0 Å². The smallest absolute Gasteiger partial charge is 0.227 e. The zero-order valence-electron chi connectivity index (χ0n) is 9.32. The number of fused-ring (bicyclic) bond motifs is 1. The van der Waals surface area contributed by atoms with E-state index in [1.54, 1.807) is 0 Å². The van der Waals surface area contributed by atoms with Gasteiger partial charge in [0.25, 0.3) is 0 Å². The van der Waals surface area contributed by atoms with E-state index in [0.29, 0.717) is 12.5 Å². The molecule has 0 radical (unpaired) electrons. The summed E-state index contributed by atoms with van der Waals surface area (Å²) >= 11 is 0. The number of ketones is 1. The Hall–Kier alpha value is -1.64. The zero-order chi connectivity index (χ0) is 11.5. The highest BCUT2D eigenvalue weighted by atomic mass is 16.2. The lowest BCUT2D eigenvalue weighted by Gasteiger charge is -2.30. The van der Waals surface area contributed by atoms with Gasteiger partial charge in [0.1, 0.15) is 5.78 Å². The van der Waals surface area contributed by atoms with Crippen LogP contribution in [0.3, 0.4) is 0 Å². The first-order chi connectivity index (χ1) is 7.66. The highest BCUT2D eigenvalue weighted by Gasteiger charge is 2.25. The molecule has 1 atom stereocenters. The van der Waals surface area contributed by atoms with E-state index < -0.39 is 0 Å². The molecule has 0 bridgehead atoms. The number of carbonyl (C=O) groups excluding carboxylic acids is 2. The summed E-state index contributed by atoms with van der Waals surface area (Å²) in [7, 11) is 0. The molecule has 1 N–H and O–H groups in total. The lowest BCUT2D eigenvalue weighted by atomic mass is 9.77. The van der Waals surface area contributed by atoms with Crippen molar-refractivity contribution in [2.45, 2.75) is 25.7 Å². The van der Waals surface area contributed by atoms with Crippen molar-refractivity contribution in [2.75, 3.05) is 6.54 Å². The van der Waals surface area contributed by atoms with Crippen molar-refractivity contribution >= 4 is 11.7 Å². The fourth-order valence-electron chi connectivity index (χ4n) is 2.07.